The molecule has 0 unspecified atom stereocenters. The Bertz CT molecular complexity index is 1560. The summed E-state index contributed by atoms with van der Waals surface area (Å²) in [6, 6.07) is 11.3. The van der Waals surface area contributed by atoms with Crippen LogP contribution >= 0.6 is 0 Å². The van der Waals surface area contributed by atoms with Gasteiger partial charge in [0.05, 0.1) is 34.6 Å². The standard InChI is InChI=1S/C21H20N8O2/c1-26-11-23-10-18(26)20-24-14-8-12(19(22)25-31)4-6-15(14)29(20)13-5-7-16-17(9-13)28(3)21(30)27(16)2/h4-11,31H,1-3H3,(H2,22,25). The molecule has 5 aromatic rings. The van der Waals surface area contributed by atoms with Gasteiger partial charge in [-0.25, -0.2) is 14.8 Å². The highest BCUT2D eigenvalue weighted by atomic mass is 16.4. The van der Waals surface area contributed by atoms with Crippen molar-refractivity contribution in [3.63, 3.8) is 0 Å². The summed E-state index contributed by atoms with van der Waals surface area (Å²) in [5.74, 6) is 0.700. The van der Waals surface area contributed by atoms with Crippen molar-refractivity contribution in [2.45, 2.75) is 0 Å². The fourth-order valence-electron chi connectivity index (χ4n) is 3.94. The molecule has 10 nitrogen and oxygen atoms in total. The Hall–Kier alpha value is -4.34. The molecular formula is C21H20N8O2. The van der Waals surface area contributed by atoms with Crippen molar-refractivity contribution in [3.8, 4) is 17.2 Å². The Kier molecular flexibility index (Phi) is 3.97. The Balaban J connectivity index is 1.85. The second-order valence-corrected chi connectivity index (χ2v) is 7.42. The summed E-state index contributed by atoms with van der Waals surface area (Å²) in [7, 11) is 5.41. The number of aromatic nitrogens is 6. The van der Waals surface area contributed by atoms with E-state index in [1.54, 1.807) is 47.9 Å². The molecule has 0 atom stereocenters. The number of oxime groups is 1. The number of hydrogen-bond donors (Lipinski definition) is 2. The van der Waals surface area contributed by atoms with Gasteiger partial charge in [-0.1, -0.05) is 5.16 Å². The molecule has 0 saturated heterocycles. The highest BCUT2D eigenvalue weighted by Gasteiger charge is 2.19. The summed E-state index contributed by atoms with van der Waals surface area (Å²) < 4.78 is 7.15. The van der Waals surface area contributed by atoms with E-state index in [1.807, 2.05) is 40.4 Å². The molecule has 0 fully saturated rings. The first-order valence-corrected chi connectivity index (χ1v) is 9.53. The topological polar surface area (TPSA) is 121 Å². The van der Waals surface area contributed by atoms with Gasteiger partial charge >= 0.3 is 5.69 Å². The fourth-order valence-corrected chi connectivity index (χ4v) is 3.94. The van der Waals surface area contributed by atoms with E-state index in [-0.39, 0.29) is 11.5 Å². The number of aryl methyl sites for hydroxylation is 3. The van der Waals surface area contributed by atoms with Gasteiger partial charge in [-0.15, -0.1) is 0 Å². The van der Waals surface area contributed by atoms with Crippen molar-refractivity contribution in [1.29, 1.82) is 0 Å². The minimum absolute atomic E-state index is 0.0132. The average Bonchev–Trinajstić information content (AvgIpc) is 3.43. The Morgan fingerprint density at radius 2 is 1.77 bits per heavy atom. The molecule has 10 heteroatoms. The molecule has 31 heavy (non-hydrogen) atoms. The first-order valence-electron chi connectivity index (χ1n) is 9.53. The van der Waals surface area contributed by atoms with Gasteiger partial charge in [-0.05, 0) is 36.4 Å². The summed E-state index contributed by atoms with van der Waals surface area (Å²) in [5, 5.41) is 12.1. The molecule has 0 bridgehead atoms. The molecule has 0 saturated carbocycles. The number of rotatable bonds is 3. The van der Waals surface area contributed by atoms with Gasteiger partial charge < -0.3 is 15.5 Å². The molecule has 3 N–H and O–H groups in total. The van der Waals surface area contributed by atoms with Crippen molar-refractivity contribution in [3.05, 3.63) is 65.0 Å². The minimum atomic E-state index is -0.0853. The van der Waals surface area contributed by atoms with Crippen LogP contribution in [0, 0.1) is 0 Å². The van der Waals surface area contributed by atoms with Crippen LogP contribution in [0.4, 0.5) is 0 Å². The van der Waals surface area contributed by atoms with Crippen LogP contribution in [0.25, 0.3) is 39.3 Å². The zero-order valence-corrected chi connectivity index (χ0v) is 17.2. The van der Waals surface area contributed by atoms with Gasteiger partial charge in [0.15, 0.2) is 11.7 Å². The number of amidine groups is 1. The number of fused-ring (bicyclic) bond motifs is 2. The number of nitrogens with zero attached hydrogens (tertiary/aromatic N) is 7. The lowest BCUT2D eigenvalue weighted by atomic mass is 10.2. The van der Waals surface area contributed by atoms with Crippen LogP contribution in [0.1, 0.15) is 5.56 Å². The second kappa shape index (κ2) is 6.59. The molecule has 0 aliphatic heterocycles. The average molecular weight is 416 g/mol. The lowest BCUT2D eigenvalue weighted by Gasteiger charge is -2.11. The summed E-state index contributed by atoms with van der Waals surface area (Å²) in [6.45, 7) is 0. The van der Waals surface area contributed by atoms with Gasteiger partial charge in [0.1, 0.15) is 5.69 Å². The number of nitrogens with two attached hydrogens (primary N) is 1. The maximum absolute atomic E-state index is 12.4. The van der Waals surface area contributed by atoms with Crippen LogP contribution < -0.4 is 11.4 Å². The van der Waals surface area contributed by atoms with Gasteiger partial charge in [-0.3, -0.25) is 13.7 Å². The molecule has 0 amide bonds. The molecule has 0 spiro atoms. The molecular weight excluding hydrogens is 396 g/mol. The molecule has 0 radical (unpaired) electrons. The molecule has 2 aromatic carbocycles. The van der Waals surface area contributed by atoms with Crippen molar-refractivity contribution in [1.82, 2.24) is 28.2 Å². The van der Waals surface area contributed by atoms with Crippen LogP contribution in [0.5, 0.6) is 0 Å². The fraction of sp³-hybridized carbons (Fsp3) is 0.143. The Labute approximate surface area is 176 Å². The lowest BCUT2D eigenvalue weighted by molar-refractivity contribution is 0.318. The summed E-state index contributed by atoms with van der Waals surface area (Å²) in [6.07, 6.45) is 3.46. The lowest BCUT2D eigenvalue weighted by Crippen LogP contribution is -2.19. The zero-order valence-electron chi connectivity index (χ0n) is 17.2. The van der Waals surface area contributed by atoms with Gasteiger partial charge in [-0.2, -0.15) is 0 Å². The first-order chi connectivity index (χ1) is 14.9. The van der Waals surface area contributed by atoms with Crippen molar-refractivity contribution >= 4 is 27.9 Å². The molecule has 3 aromatic heterocycles. The predicted molar refractivity (Wildman–Crippen MR) is 118 cm³/mol. The third-order valence-electron chi connectivity index (χ3n) is 5.62. The van der Waals surface area contributed by atoms with E-state index < -0.39 is 0 Å². The minimum Gasteiger partial charge on any atom is -0.409 e. The summed E-state index contributed by atoms with van der Waals surface area (Å²) in [5.41, 5.74) is 11.1. The highest BCUT2D eigenvalue weighted by molar-refractivity contribution is 6.00. The maximum Gasteiger partial charge on any atom is 0.328 e. The third-order valence-corrected chi connectivity index (χ3v) is 5.62. The molecule has 3 heterocycles. The van der Waals surface area contributed by atoms with Crippen molar-refractivity contribution in [2.75, 3.05) is 0 Å². The van der Waals surface area contributed by atoms with Gasteiger partial charge in [0, 0.05) is 32.4 Å². The SMILES string of the molecule is Cn1cncc1-c1nc2cc(C(N)=NO)ccc2n1-c1ccc2c(c1)n(C)c(=O)n2C. The smallest absolute Gasteiger partial charge is 0.328 e. The third kappa shape index (κ3) is 2.65. The quantitative estimate of drug-likeness (QED) is 0.201. The van der Waals surface area contributed by atoms with E-state index in [4.69, 9.17) is 15.9 Å². The largest absolute Gasteiger partial charge is 0.409 e. The first kappa shape index (κ1) is 18.7. The van der Waals surface area contributed by atoms with Gasteiger partial charge in [0.2, 0.25) is 0 Å². The number of hydrogen-bond acceptors (Lipinski definition) is 5. The monoisotopic (exact) mass is 416 g/mol. The molecule has 0 aliphatic rings. The van der Waals surface area contributed by atoms with Crippen molar-refractivity contribution in [2.24, 2.45) is 32.0 Å². The Morgan fingerprint density at radius 1 is 1.03 bits per heavy atom. The van der Waals surface area contributed by atoms with E-state index in [1.165, 1.54) is 0 Å². The van der Waals surface area contributed by atoms with E-state index in [9.17, 15) is 4.79 Å². The zero-order chi connectivity index (χ0) is 21.9. The second-order valence-electron chi connectivity index (χ2n) is 7.42. The highest BCUT2D eigenvalue weighted by Crippen LogP contribution is 2.30. The molecule has 156 valence electrons. The van der Waals surface area contributed by atoms with Gasteiger partial charge in [0.25, 0.3) is 0 Å². The van der Waals surface area contributed by atoms with Crippen molar-refractivity contribution < 1.29 is 5.21 Å². The maximum atomic E-state index is 12.4. The Morgan fingerprint density at radius 3 is 2.48 bits per heavy atom. The number of benzene rings is 2. The van der Waals surface area contributed by atoms with E-state index in [0.29, 0.717) is 16.9 Å². The van der Waals surface area contributed by atoms with E-state index in [0.717, 1.165) is 27.9 Å². The van der Waals surface area contributed by atoms with Crippen LogP contribution in [-0.4, -0.2) is 39.3 Å². The van der Waals surface area contributed by atoms with E-state index >= 15 is 0 Å². The van der Waals surface area contributed by atoms with Crippen LogP contribution in [0.2, 0.25) is 0 Å². The predicted octanol–water partition coefficient (Wildman–Crippen LogP) is 1.71. The summed E-state index contributed by atoms with van der Waals surface area (Å²) in [4.78, 5) is 21.4. The molecule has 0 aliphatic carbocycles. The van der Waals surface area contributed by atoms with Crippen LogP contribution in [0.15, 0.2) is 58.9 Å². The summed E-state index contributed by atoms with van der Waals surface area (Å²) >= 11 is 0. The molecule has 5 rings (SSSR count). The number of imidazole rings is 3. The van der Waals surface area contributed by atoms with Crippen LogP contribution in [-0.2, 0) is 21.1 Å². The normalized spacial score (nSPS) is 12.3. The van der Waals surface area contributed by atoms with Crippen LogP contribution in [0.3, 0.4) is 0 Å². The van der Waals surface area contributed by atoms with E-state index in [2.05, 4.69) is 10.1 Å².